The van der Waals surface area contributed by atoms with Gasteiger partial charge in [-0.25, -0.2) is 0 Å². The summed E-state index contributed by atoms with van der Waals surface area (Å²) in [5.74, 6) is 0.295. The monoisotopic (exact) mass is 212 g/mol. The minimum atomic E-state index is -0.189. The van der Waals surface area contributed by atoms with Crippen LogP contribution in [-0.2, 0) is 9.53 Å². The first-order valence-corrected chi connectivity index (χ1v) is 5.73. The van der Waals surface area contributed by atoms with E-state index in [9.17, 15) is 4.79 Å². The van der Waals surface area contributed by atoms with Crippen molar-refractivity contribution in [1.29, 1.82) is 0 Å². The van der Waals surface area contributed by atoms with Gasteiger partial charge in [-0.3, -0.25) is 4.79 Å². The van der Waals surface area contributed by atoms with Crippen LogP contribution in [0.5, 0.6) is 0 Å². The summed E-state index contributed by atoms with van der Waals surface area (Å²) in [6, 6.07) is 0.226. The van der Waals surface area contributed by atoms with Crippen LogP contribution in [0, 0.1) is 5.41 Å². The molecule has 2 heterocycles. The van der Waals surface area contributed by atoms with Gasteiger partial charge in [-0.2, -0.15) is 0 Å². The third kappa shape index (κ3) is 2.01. The molecule has 0 radical (unpaired) electrons. The Morgan fingerprint density at radius 2 is 2.40 bits per heavy atom. The van der Waals surface area contributed by atoms with E-state index in [1.165, 1.54) is 0 Å². The highest BCUT2D eigenvalue weighted by Crippen LogP contribution is 2.28. The summed E-state index contributed by atoms with van der Waals surface area (Å²) in [6.45, 7) is 8.00. The molecule has 0 aromatic heterocycles. The Hall–Kier alpha value is -0.610. The van der Waals surface area contributed by atoms with E-state index in [1.54, 1.807) is 0 Å². The van der Waals surface area contributed by atoms with E-state index in [0.29, 0.717) is 19.1 Å². The van der Waals surface area contributed by atoms with Gasteiger partial charge in [0.2, 0.25) is 5.91 Å². The lowest BCUT2D eigenvalue weighted by Gasteiger charge is -2.38. The number of ether oxygens (including phenoxy) is 1. The Morgan fingerprint density at radius 3 is 3.00 bits per heavy atom. The van der Waals surface area contributed by atoms with E-state index in [4.69, 9.17) is 4.74 Å². The molecular weight excluding hydrogens is 192 g/mol. The number of carbonyl (C=O) groups is 1. The maximum atomic E-state index is 12.4. The van der Waals surface area contributed by atoms with Crippen molar-refractivity contribution in [2.45, 2.75) is 26.3 Å². The van der Waals surface area contributed by atoms with Gasteiger partial charge in [0.1, 0.15) is 0 Å². The molecule has 2 aliphatic heterocycles. The molecule has 0 aliphatic carbocycles. The maximum absolute atomic E-state index is 12.4. The van der Waals surface area contributed by atoms with Gasteiger partial charge in [0.15, 0.2) is 0 Å². The second-order valence-corrected chi connectivity index (χ2v) is 4.91. The third-order valence-corrected chi connectivity index (χ3v) is 3.51. The fourth-order valence-electron chi connectivity index (χ4n) is 2.38. The Bertz CT molecular complexity index is 249. The molecule has 1 unspecified atom stereocenters. The first-order valence-electron chi connectivity index (χ1n) is 5.73. The largest absolute Gasteiger partial charge is 0.377 e. The summed E-state index contributed by atoms with van der Waals surface area (Å²) in [6.07, 6.45) is 0.954. The molecule has 0 bridgehead atoms. The highest BCUT2D eigenvalue weighted by Gasteiger charge is 2.41. The normalized spacial score (nSPS) is 36.9. The molecule has 2 saturated heterocycles. The highest BCUT2D eigenvalue weighted by molar-refractivity contribution is 5.83. The van der Waals surface area contributed by atoms with Crippen molar-refractivity contribution in [1.82, 2.24) is 10.2 Å². The number of nitrogens with zero attached hydrogens (tertiary/aromatic N) is 1. The van der Waals surface area contributed by atoms with Crippen LogP contribution in [0.1, 0.15) is 20.3 Å². The van der Waals surface area contributed by atoms with Gasteiger partial charge in [-0.15, -0.1) is 0 Å². The van der Waals surface area contributed by atoms with Crippen molar-refractivity contribution in [3.63, 3.8) is 0 Å². The lowest BCUT2D eigenvalue weighted by Crippen LogP contribution is -2.52. The van der Waals surface area contributed by atoms with Crippen molar-refractivity contribution < 1.29 is 9.53 Å². The highest BCUT2D eigenvalue weighted by atomic mass is 16.5. The summed E-state index contributed by atoms with van der Waals surface area (Å²) in [7, 11) is 0. The number of rotatable bonds is 1. The number of hydrogen-bond donors (Lipinski definition) is 1. The van der Waals surface area contributed by atoms with Crippen LogP contribution in [-0.4, -0.2) is 49.7 Å². The molecular formula is C11H20N2O2. The van der Waals surface area contributed by atoms with Crippen LogP contribution in [0.25, 0.3) is 0 Å². The van der Waals surface area contributed by atoms with E-state index in [2.05, 4.69) is 19.2 Å². The summed E-state index contributed by atoms with van der Waals surface area (Å²) >= 11 is 0. The molecule has 1 amide bonds. The minimum Gasteiger partial charge on any atom is -0.377 e. The van der Waals surface area contributed by atoms with E-state index in [1.807, 2.05) is 4.90 Å². The number of amides is 1. The molecule has 2 fully saturated rings. The van der Waals surface area contributed by atoms with Crippen molar-refractivity contribution in [2.75, 3.05) is 32.8 Å². The van der Waals surface area contributed by atoms with Gasteiger partial charge in [-0.05, 0) is 26.8 Å². The summed E-state index contributed by atoms with van der Waals surface area (Å²) in [5.41, 5.74) is -0.189. The van der Waals surface area contributed by atoms with Crippen LogP contribution in [0.4, 0.5) is 0 Å². The molecule has 2 rings (SSSR count). The predicted molar refractivity (Wildman–Crippen MR) is 57.6 cm³/mol. The van der Waals surface area contributed by atoms with Crippen molar-refractivity contribution >= 4 is 5.91 Å². The fraction of sp³-hybridized carbons (Fsp3) is 0.909. The van der Waals surface area contributed by atoms with Gasteiger partial charge in [0.05, 0.1) is 24.7 Å². The zero-order chi connectivity index (χ0) is 10.9. The maximum Gasteiger partial charge on any atom is 0.230 e. The molecule has 0 saturated carbocycles. The zero-order valence-electron chi connectivity index (χ0n) is 9.58. The van der Waals surface area contributed by atoms with Crippen molar-refractivity contribution in [3.05, 3.63) is 0 Å². The van der Waals surface area contributed by atoms with E-state index < -0.39 is 0 Å². The molecule has 2 atom stereocenters. The summed E-state index contributed by atoms with van der Waals surface area (Å²) < 4.78 is 5.35. The number of carbonyl (C=O) groups excluding carboxylic acids is 1. The Kier molecular flexibility index (Phi) is 2.98. The fourth-order valence-corrected chi connectivity index (χ4v) is 2.38. The summed E-state index contributed by atoms with van der Waals surface area (Å²) in [5, 5.41) is 3.27. The summed E-state index contributed by atoms with van der Waals surface area (Å²) in [4.78, 5) is 14.3. The van der Waals surface area contributed by atoms with Crippen LogP contribution in [0.3, 0.4) is 0 Å². The van der Waals surface area contributed by atoms with Gasteiger partial charge in [0, 0.05) is 13.1 Å². The Morgan fingerprint density at radius 1 is 1.60 bits per heavy atom. The number of nitrogens with one attached hydrogen (secondary N) is 1. The second-order valence-electron chi connectivity index (χ2n) is 4.91. The van der Waals surface area contributed by atoms with Crippen LogP contribution in [0.2, 0.25) is 0 Å². The molecule has 86 valence electrons. The SMILES string of the molecule is C[C@@H]1COCCN1C(=O)C1(C)CCNC1. The number of morpholine rings is 1. The zero-order valence-corrected chi connectivity index (χ0v) is 9.58. The van der Waals surface area contributed by atoms with E-state index in [0.717, 1.165) is 26.1 Å². The first kappa shape index (κ1) is 10.9. The Labute approximate surface area is 91.0 Å². The second kappa shape index (κ2) is 4.10. The third-order valence-electron chi connectivity index (χ3n) is 3.51. The van der Waals surface area contributed by atoms with Crippen molar-refractivity contribution in [3.8, 4) is 0 Å². The van der Waals surface area contributed by atoms with Crippen LogP contribution in [0.15, 0.2) is 0 Å². The molecule has 15 heavy (non-hydrogen) atoms. The van der Waals surface area contributed by atoms with Crippen LogP contribution >= 0.6 is 0 Å². The quantitative estimate of drug-likeness (QED) is 0.676. The van der Waals surface area contributed by atoms with Crippen LogP contribution < -0.4 is 5.32 Å². The van der Waals surface area contributed by atoms with Gasteiger partial charge < -0.3 is 15.0 Å². The smallest absolute Gasteiger partial charge is 0.230 e. The average molecular weight is 212 g/mol. The van der Waals surface area contributed by atoms with Crippen molar-refractivity contribution in [2.24, 2.45) is 5.41 Å². The molecule has 4 nitrogen and oxygen atoms in total. The molecule has 0 aromatic rings. The minimum absolute atomic E-state index is 0.189. The first-order chi connectivity index (χ1) is 7.13. The standard InChI is InChI=1S/C11H20N2O2/c1-9-7-15-6-5-13(9)10(14)11(2)3-4-12-8-11/h9,12H,3-8H2,1-2H3/t9-,11?/m1/s1. The van der Waals surface area contributed by atoms with Gasteiger partial charge in [0.25, 0.3) is 0 Å². The predicted octanol–water partition coefficient (Wildman–Crippen LogP) is 0.233. The van der Waals surface area contributed by atoms with Gasteiger partial charge >= 0.3 is 0 Å². The average Bonchev–Trinajstić information content (AvgIpc) is 2.66. The molecule has 4 heteroatoms. The lowest BCUT2D eigenvalue weighted by molar-refractivity contribution is -0.148. The van der Waals surface area contributed by atoms with E-state index >= 15 is 0 Å². The Balaban J connectivity index is 2.05. The topological polar surface area (TPSA) is 41.6 Å². The molecule has 1 N–H and O–H groups in total. The molecule has 2 aliphatic rings. The molecule has 0 spiro atoms. The lowest BCUT2D eigenvalue weighted by atomic mass is 9.87. The van der Waals surface area contributed by atoms with E-state index in [-0.39, 0.29) is 11.5 Å². The van der Waals surface area contributed by atoms with Gasteiger partial charge in [-0.1, -0.05) is 0 Å². The number of hydrogen-bond acceptors (Lipinski definition) is 3. The molecule has 0 aromatic carbocycles.